The van der Waals surface area contributed by atoms with E-state index in [1.165, 1.54) is 135 Å². The van der Waals surface area contributed by atoms with Gasteiger partial charge in [-0.25, -0.2) is 9.13 Å². The van der Waals surface area contributed by atoms with E-state index in [0.29, 0.717) is 25.7 Å². The Morgan fingerprint density at radius 2 is 0.607 bits per heavy atom. The average molecular weight is 1310 g/mol. The molecule has 0 aliphatic heterocycles. The van der Waals surface area contributed by atoms with Crippen molar-refractivity contribution in [3.8, 4) is 0 Å². The number of ether oxygens (including phenoxy) is 4. The monoisotopic (exact) mass is 1310 g/mol. The second kappa shape index (κ2) is 63.0. The van der Waals surface area contributed by atoms with E-state index in [9.17, 15) is 43.2 Å². The Hall–Kier alpha value is -2.46. The molecule has 0 saturated carbocycles. The summed E-state index contributed by atoms with van der Waals surface area (Å²) in [6.07, 6.45) is 52.5. The van der Waals surface area contributed by atoms with Gasteiger partial charge in [0.1, 0.15) is 19.3 Å². The molecule has 524 valence electrons. The molecule has 3 N–H and O–H groups in total. The van der Waals surface area contributed by atoms with Crippen molar-refractivity contribution in [3.05, 3.63) is 24.3 Å². The summed E-state index contributed by atoms with van der Waals surface area (Å²) >= 11 is 0. The largest absolute Gasteiger partial charge is 0.472 e. The molecule has 0 aromatic rings. The van der Waals surface area contributed by atoms with Crippen LogP contribution < -0.4 is 0 Å². The third-order valence-electron chi connectivity index (χ3n) is 15.7. The Morgan fingerprint density at radius 1 is 0.348 bits per heavy atom. The summed E-state index contributed by atoms with van der Waals surface area (Å²) in [4.78, 5) is 72.2. The summed E-state index contributed by atoms with van der Waals surface area (Å²) in [5.41, 5.74) is 0. The summed E-state index contributed by atoms with van der Waals surface area (Å²) in [7, 11) is -9.90. The molecule has 0 radical (unpaired) electrons. The van der Waals surface area contributed by atoms with Gasteiger partial charge in [0.15, 0.2) is 12.2 Å². The lowest BCUT2D eigenvalue weighted by Crippen LogP contribution is -2.30. The van der Waals surface area contributed by atoms with Gasteiger partial charge < -0.3 is 33.8 Å². The number of allylic oxidation sites excluding steroid dienone is 4. The first kappa shape index (κ1) is 86.5. The standard InChI is InChI=1S/C70H132O17P2/c1-6-9-12-15-17-19-21-23-24-28-32-35-39-44-49-54-68(73)81-60-66(87-70(75)56-51-46-41-37-33-29-26-25-27-30-34-38-43-47-52-63(4)5)62-85-89(78,79)83-58-64(71)57-82-88(76,77)84-61-65(59-80-67(72)53-48-42-14-11-8-3)86-69(74)55-50-45-40-36-31-22-20-18-16-13-10-7-2/h19,21,23-24,63-66,71H,6-18,20,22,25-62H2,1-5H3,(H,76,77)(H,78,79)/b21-19-,24-23-/t64-,65+,66+/m0/s1. The van der Waals surface area contributed by atoms with Crippen LogP contribution in [0.3, 0.4) is 0 Å². The molecule has 89 heavy (non-hydrogen) atoms. The maximum Gasteiger partial charge on any atom is 0.472 e. The van der Waals surface area contributed by atoms with Crippen molar-refractivity contribution in [3.63, 3.8) is 0 Å². The van der Waals surface area contributed by atoms with Crippen LogP contribution in [0, 0.1) is 5.92 Å². The predicted molar refractivity (Wildman–Crippen MR) is 358 cm³/mol. The summed E-state index contributed by atoms with van der Waals surface area (Å²) in [5.74, 6) is -1.37. The van der Waals surface area contributed by atoms with Crippen molar-refractivity contribution in [1.82, 2.24) is 0 Å². The second-order valence-electron chi connectivity index (χ2n) is 25.1. The summed E-state index contributed by atoms with van der Waals surface area (Å²) in [5, 5.41) is 10.6. The van der Waals surface area contributed by atoms with Crippen molar-refractivity contribution >= 4 is 39.5 Å². The third-order valence-corrected chi connectivity index (χ3v) is 17.6. The molecule has 0 heterocycles. The van der Waals surface area contributed by atoms with Crippen molar-refractivity contribution < 1.29 is 80.2 Å². The maximum absolute atomic E-state index is 13.0. The van der Waals surface area contributed by atoms with Gasteiger partial charge in [0.25, 0.3) is 0 Å². The predicted octanol–water partition coefficient (Wildman–Crippen LogP) is 19.7. The lowest BCUT2D eigenvalue weighted by molar-refractivity contribution is -0.161. The van der Waals surface area contributed by atoms with E-state index in [1.807, 2.05) is 0 Å². The fraction of sp³-hybridized carbons (Fsp3) is 0.886. The van der Waals surface area contributed by atoms with E-state index in [2.05, 4.69) is 58.9 Å². The SMILES string of the molecule is CCCCCC/C=C\C=C/CCCCCCCC(=O)OC[C@H](COP(=O)(O)OC[C@@H](O)COP(=O)(O)OC[C@@H](COC(=O)CCCCCCC)OC(=O)CCCCCCCCCCCCCC)OC(=O)CCCCCCCCCCCCCCCCC(C)C. The first-order chi connectivity index (χ1) is 43.0. The van der Waals surface area contributed by atoms with Gasteiger partial charge in [0, 0.05) is 25.7 Å². The molecule has 0 aromatic carbocycles. The van der Waals surface area contributed by atoms with E-state index in [0.717, 1.165) is 121 Å². The Labute approximate surface area is 542 Å². The number of aliphatic hydroxyl groups excluding tert-OH is 1. The second-order valence-corrected chi connectivity index (χ2v) is 28.0. The third kappa shape index (κ3) is 64.1. The molecule has 0 amide bonds. The highest BCUT2D eigenvalue weighted by molar-refractivity contribution is 7.47. The molecule has 0 saturated heterocycles. The number of esters is 4. The normalized spacial score (nSPS) is 14.3. The molecule has 0 aliphatic carbocycles. The average Bonchev–Trinajstić information content (AvgIpc) is 3.66. The van der Waals surface area contributed by atoms with Crippen molar-refractivity contribution in [2.24, 2.45) is 5.92 Å². The molecule has 0 fully saturated rings. The maximum atomic E-state index is 13.0. The van der Waals surface area contributed by atoms with Gasteiger partial charge in [0.2, 0.25) is 0 Å². The van der Waals surface area contributed by atoms with Crippen molar-refractivity contribution in [2.45, 2.75) is 355 Å². The van der Waals surface area contributed by atoms with Gasteiger partial charge in [-0.2, -0.15) is 0 Å². The van der Waals surface area contributed by atoms with Crippen LogP contribution in [-0.4, -0.2) is 96.7 Å². The first-order valence-corrected chi connectivity index (χ1v) is 38.9. The van der Waals surface area contributed by atoms with Crippen LogP contribution in [0.15, 0.2) is 24.3 Å². The molecule has 2 unspecified atom stereocenters. The topological polar surface area (TPSA) is 237 Å². The van der Waals surface area contributed by atoms with E-state index in [1.54, 1.807) is 0 Å². The van der Waals surface area contributed by atoms with Crippen LogP contribution in [0.5, 0.6) is 0 Å². The molecular formula is C70H132O17P2. The minimum atomic E-state index is -4.96. The number of carbonyl (C=O) groups excluding carboxylic acids is 4. The van der Waals surface area contributed by atoms with Crippen LogP contribution in [0.25, 0.3) is 0 Å². The highest BCUT2D eigenvalue weighted by atomic mass is 31.2. The van der Waals surface area contributed by atoms with Crippen LogP contribution in [0.4, 0.5) is 0 Å². The van der Waals surface area contributed by atoms with Gasteiger partial charge in [0.05, 0.1) is 26.4 Å². The van der Waals surface area contributed by atoms with Crippen LogP contribution in [0.1, 0.15) is 336 Å². The molecule has 0 aliphatic rings. The quantitative estimate of drug-likeness (QED) is 0.0169. The fourth-order valence-electron chi connectivity index (χ4n) is 10.1. The first-order valence-electron chi connectivity index (χ1n) is 36.0. The van der Waals surface area contributed by atoms with Crippen LogP contribution in [-0.2, 0) is 65.4 Å². The smallest absolute Gasteiger partial charge is 0.462 e. The Balaban J connectivity index is 5.20. The van der Waals surface area contributed by atoms with Gasteiger partial charge >= 0.3 is 39.5 Å². The Morgan fingerprint density at radius 3 is 0.921 bits per heavy atom. The zero-order chi connectivity index (χ0) is 65.6. The summed E-state index contributed by atoms with van der Waals surface area (Å²) in [6.45, 7) is 7.11. The lowest BCUT2D eigenvalue weighted by atomic mass is 10.0. The van der Waals surface area contributed by atoms with E-state index in [-0.39, 0.29) is 25.7 Å². The highest BCUT2D eigenvalue weighted by Gasteiger charge is 2.30. The van der Waals surface area contributed by atoms with Gasteiger partial charge in [-0.15, -0.1) is 0 Å². The molecule has 17 nitrogen and oxygen atoms in total. The van der Waals surface area contributed by atoms with E-state index >= 15 is 0 Å². The van der Waals surface area contributed by atoms with Crippen LogP contribution in [0.2, 0.25) is 0 Å². The number of phosphoric ester groups is 2. The van der Waals surface area contributed by atoms with Gasteiger partial charge in [-0.1, -0.05) is 284 Å². The number of unbranched alkanes of at least 4 members (excludes halogenated alkanes) is 37. The van der Waals surface area contributed by atoms with Gasteiger partial charge in [-0.3, -0.25) is 37.3 Å². The number of carbonyl (C=O) groups is 4. The van der Waals surface area contributed by atoms with Crippen LogP contribution >= 0.6 is 15.6 Å². The summed E-state index contributed by atoms with van der Waals surface area (Å²) in [6, 6.07) is 0. The number of hydrogen-bond acceptors (Lipinski definition) is 15. The number of phosphoric acid groups is 2. The minimum Gasteiger partial charge on any atom is -0.462 e. The van der Waals surface area contributed by atoms with Crippen molar-refractivity contribution in [1.29, 1.82) is 0 Å². The Kier molecular flexibility index (Phi) is 61.2. The fourth-order valence-corrected chi connectivity index (χ4v) is 11.7. The zero-order valence-electron chi connectivity index (χ0n) is 57.0. The molecule has 0 bridgehead atoms. The number of rotatable bonds is 68. The molecule has 0 rings (SSSR count). The van der Waals surface area contributed by atoms with E-state index < -0.39 is 97.5 Å². The Bertz CT molecular complexity index is 1810. The molecule has 0 spiro atoms. The van der Waals surface area contributed by atoms with Gasteiger partial charge in [-0.05, 0) is 57.3 Å². The lowest BCUT2D eigenvalue weighted by Gasteiger charge is -2.21. The van der Waals surface area contributed by atoms with E-state index in [4.69, 9.17) is 37.0 Å². The molecular weight excluding hydrogens is 1170 g/mol. The van der Waals surface area contributed by atoms with Crippen molar-refractivity contribution in [2.75, 3.05) is 39.6 Å². The number of hydrogen-bond donors (Lipinski definition) is 3. The molecule has 0 aromatic heterocycles. The summed E-state index contributed by atoms with van der Waals surface area (Å²) < 4.78 is 68.0. The number of aliphatic hydroxyl groups is 1. The zero-order valence-corrected chi connectivity index (χ0v) is 58.8. The molecule has 19 heteroatoms. The molecule has 5 atom stereocenters. The minimum absolute atomic E-state index is 0.101. The highest BCUT2D eigenvalue weighted by Crippen LogP contribution is 2.45.